The van der Waals surface area contributed by atoms with E-state index in [4.69, 9.17) is 0 Å². The lowest BCUT2D eigenvalue weighted by molar-refractivity contribution is 0.837. The zero-order valence-corrected chi connectivity index (χ0v) is 8.04. The van der Waals surface area contributed by atoms with Gasteiger partial charge < -0.3 is 4.90 Å². The van der Waals surface area contributed by atoms with Gasteiger partial charge in [-0.25, -0.2) is 4.98 Å². The molecule has 1 aromatic rings. The van der Waals surface area contributed by atoms with Gasteiger partial charge in [-0.3, -0.25) is 0 Å². The fourth-order valence-electron chi connectivity index (χ4n) is 1.18. The average Bonchev–Trinajstić information content (AvgIpc) is 2.05. The van der Waals surface area contributed by atoms with Crippen molar-refractivity contribution in [3.63, 3.8) is 0 Å². The molecule has 1 aromatic heterocycles. The van der Waals surface area contributed by atoms with Gasteiger partial charge in [0.1, 0.15) is 5.82 Å². The zero-order chi connectivity index (χ0) is 8.97. The number of rotatable bonds is 3. The Morgan fingerprint density at radius 1 is 1.50 bits per heavy atom. The van der Waals surface area contributed by atoms with Gasteiger partial charge in [0, 0.05) is 19.8 Å². The number of aryl methyl sites for hydroxylation is 1. The molecule has 0 aliphatic heterocycles. The van der Waals surface area contributed by atoms with Crippen LogP contribution in [-0.2, 0) is 0 Å². The number of aromatic nitrogens is 1. The highest BCUT2D eigenvalue weighted by atomic mass is 15.2. The Morgan fingerprint density at radius 3 is 2.83 bits per heavy atom. The first kappa shape index (κ1) is 9.04. The summed E-state index contributed by atoms with van der Waals surface area (Å²) in [5.74, 6) is 1.07. The third-order valence-corrected chi connectivity index (χ3v) is 1.85. The van der Waals surface area contributed by atoms with E-state index in [9.17, 15) is 0 Å². The second-order valence-electron chi connectivity index (χ2n) is 3.11. The van der Waals surface area contributed by atoms with Crippen LogP contribution < -0.4 is 4.90 Å². The lowest BCUT2D eigenvalue weighted by Gasteiger charge is -2.16. The second-order valence-corrected chi connectivity index (χ2v) is 3.11. The van der Waals surface area contributed by atoms with E-state index in [1.54, 1.807) is 0 Å². The van der Waals surface area contributed by atoms with E-state index in [0.29, 0.717) is 0 Å². The summed E-state index contributed by atoms with van der Waals surface area (Å²) in [6.07, 6.45) is 3.02. The smallest absolute Gasteiger partial charge is 0.128 e. The molecule has 0 unspecified atom stereocenters. The van der Waals surface area contributed by atoms with Crippen LogP contribution in [0.1, 0.15) is 18.9 Å². The SMILES string of the molecule is CCCN(C)c1cc(C)ccn1. The molecule has 0 aromatic carbocycles. The van der Waals surface area contributed by atoms with Crippen molar-refractivity contribution in [1.29, 1.82) is 0 Å². The molecule has 0 saturated heterocycles. The minimum Gasteiger partial charge on any atom is -0.360 e. The molecule has 0 bridgehead atoms. The van der Waals surface area contributed by atoms with Crippen LogP contribution >= 0.6 is 0 Å². The van der Waals surface area contributed by atoms with Crippen molar-refractivity contribution in [3.05, 3.63) is 23.9 Å². The first-order valence-electron chi connectivity index (χ1n) is 4.38. The highest BCUT2D eigenvalue weighted by Gasteiger charge is 1.99. The fraction of sp³-hybridized carbons (Fsp3) is 0.500. The van der Waals surface area contributed by atoms with E-state index in [1.165, 1.54) is 5.56 Å². The third-order valence-electron chi connectivity index (χ3n) is 1.85. The summed E-state index contributed by atoms with van der Waals surface area (Å²) in [4.78, 5) is 6.46. The summed E-state index contributed by atoms with van der Waals surface area (Å²) in [6.45, 7) is 5.33. The Labute approximate surface area is 74.2 Å². The van der Waals surface area contributed by atoms with Gasteiger partial charge in [0.15, 0.2) is 0 Å². The van der Waals surface area contributed by atoms with E-state index in [0.717, 1.165) is 18.8 Å². The summed E-state index contributed by atoms with van der Waals surface area (Å²) >= 11 is 0. The van der Waals surface area contributed by atoms with Gasteiger partial charge >= 0.3 is 0 Å². The van der Waals surface area contributed by atoms with Crippen LogP contribution in [0.15, 0.2) is 18.3 Å². The highest BCUT2D eigenvalue weighted by Crippen LogP contribution is 2.09. The molecule has 1 rings (SSSR count). The van der Waals surface area contributed by atoms with Crippen LogP contribution in [0.25, 0.3) is 0 Å². The molecule has 1 heterocycles. The standard InChI is InChI=1S/C10H16N2/c1-4-7-12(3)10-8-9(2)5-6-11-10/h5-6,8H,4,7H2,1-3H3. The van der Waals surface area contributed by atoms with Crippen LogP contribution in [0.4, 0.5) is 5.82 Å². The lowest BCUT2D eigenvalue weighted by Crippen LogP contribution is -2.18. The molecule has 0 atom stereocenters. The molecule has 66 valence electrons. The molecule has 0 aliphatic rings. The van der Waals surface area contributed by atoms with Gasteiger partial charge in [0.2, 0.25) is 0 Å². The average molecular weight is 164 g/mol. The molecular formula is C10H16N2. The number of hydrogen-bond acceptors (Lipinski definition) is 2. The molecule has 0 spiro atoms. The van der Waals surface area contributed by atoms with Gasteiger partial charge in [-0.2, -0.15) is 0 Å². The summed E-state index contributed by atoms with van der Waals surface area (Å²) in [6, 6.07) is 4.12. The summed E-state index contributed by atoms with van der Waals surface area (Å²) in [5.41, 5.74) is 1.27. The van der Waals surface area contributed by atoms with Gasteiger partial charge in [0.05, 0.1) is 0 Å². The van der Waals surface area contributed by atoms with Crippen LogP contribution in [-0.4, -0.2) is 18.6 Å². The lowest BCUT2D eigenvalue weighted by atomic mass is 10.3. The molecule has 0 N–H and O–H groups in total. The summed E-state index contributed by atoms with van der Waals surface area (Å²) in [7, 11) is 2.07. The Bertz CT molecular complexity index is 245. The van der Waals surface area contributed by atoms with Crippen LogP contribution in [0, 0.1) is 6.92 Å². The van der Waals surface area contributed by atoms with E-state index in [2.05, 4.69) is 36.8 Å². The second kappa shape index (κ2) is 4.10. The summed E-state index contributed by atoms with van der Waals surface area (Å²) < 4.78 is 0. The summed E-state index contributed by atoms with van der Waals surface area (Å²) in [5, 5.41) is 0. The monoisotopic (exact) mass is 164 g/mol. The largest absolute Gasteiger partial charge is 0.360 e. The molecule has 0 amide bonds. The quantitative estimate of drug-likeness (QED) is 0.681. The maximum absolute atomic E-state index is 4.28. The van der Waals surface area contributed by atoms with Crippen molar-refractivity contribution < 1.29 is 0 Å². The number of anilines is 1. The Hall–Kier alpha value is -1.05. The molecule has 0 fully saturated rings. The minimum atomic E-state index is 1.07. The van der Waals surface area contributed by atoms with E-state index < -0.39 is 0 Å². The fourth-order valence-corrected chi connectivity index (χ4v) is 1.18. The van der Waals surface area contributed by atoms with Crippen molar-refractivity contribution in [2.45, 2.75) is 20.3 Å². The third kappa shape index (κ3) is 2.22. The molecule has 12 heavy (non-hydrogen) atoms. The van der Waals surface area contributed by atoms with Gasteiger partial charge in [-0.15, -0.1) is 0 Å². The number of pyridine rings is 1. The van der Waals surface area contributed by atoms with Crippen molar-refractivity contribution in [2.75, 3.05) is 18.5 Å². The molecule has 0 aliphatic carbocycles. The first-order valence-corrected chi connectivity index (χ1v) is 4.38. The first-order chi connectivity index (χ1) is 5.74. The van der Waals surface area contributed by atoms with E-state index >= 15 is 0 Å². The predicted molar refractivity (Wildman–Crippen MR) is 52.5 cm³/mol. The van der Waals surface area contributed by atoms with Crippen LogP contribution in [0.2, 0.25) is 0 Å². The Kier molecular flexibility index (Phi) is 3.09. The Balaban J connectivity index is 2.73. The molecule has 0 radical (unpaired) electrons. The molecule has 0 saturated carbocycles. The topological polar surface area (TPSA) is 16.1 Å². The van der Waals surface area contributed by atoms with Crippen molar-refractivity contribution in [2.24, 2.45) is 0 Å². The van der Waals surface area contributed by atoms with E-state index in [-0.39, 0.29) is 0 Å². The van der Waals surface area contributed by atoms with Crippen molar-refractivity contribution in [3.8, 4) is 0 Å². The van der Waals surface area contributed by atoms with Gasteiger partial charge in [-0.05, 0) is 31.0 Å². The minimum absolute atomic E-state index is 1.07. The van der Waals surface area contributed by atoms with Crippen molar-refractivity contribution in [1.82, 2.24) is 4.98 Å². The van der Waals surface area contributed by atoms with Crippen LogP contribution in [0.5, 0.6) is 0 Å². The predicted octanol–water partition coefficient (Wildman–Crippen LogP) is 2.24. The normalized spacial score (nSPS) is 9.92. The van der Waals surface area contributed by atoms with E-state index in [1.807, 2.05) is 12.3 Å². The van der Waals surface area contributed by atoms with Gasteiger partial charge in [-0.1, -0.05) is 6.92 Å². The van der Waals surface area contributed by atoms with Gasteiger partial charge in [0.25, 0.3) is 0 Å². The molecular weight excluding hydrogens is 148 g/mol. The Morgan fingerprint density at radius 2 is 2.25 bits per heavy atom. The number of hydrogen-bond donors (Lipinski definition) is 0. The maximum atomic E-state index is 4.28. The highest BCUT2D eigenvalue weighted by molar-refractivity contribution is 5.39. The van der Waals surface area contributed by atoms with Crippen molar-refractivity contribution >= 4 is 5.82 Å². The number of nitrogens with zero attached hydrogens (tertiary/aromatic N) is 2. The zero-order valence-electron chi connectivity index (χ0n) is 8.04. The molecule has 2 heteroatoms. The maximum Gasteiger partial charge on any atom is 0.128 e. The molecule has 2 nitrogen and oxygen atoms in total. The van der Waals surface area contributed by atoms with Crippen LogP contribution in [0.3, 0.4) is 0 Å².